The molecule has 0 radical (unpaired) electrons. The molecule has 0 aliphatic carbocycles. The number of amides is 1. The third kappa shape index (κ3) is 4.27. The summed E-state index contributed by atoms with van der Waals surface area (Å²) in [5.74, 6) is -0.781. The van der Waals surface area contributed by atoms with Crippen molar-refractivity contribution in [3.05, 3.63) is 62.5 Å². The van der Waals surface area contributed by atoms with Gasteiger partial charge >= 0.3 is 5.97 Å². The molecule has 3 rings (SSSR count). The molecule has 9 heteroatoms. The zero-order valence-electron chi connectivity index (χ0n) is 13.8. The number of hydrogen-bond donors (Lipinski definition) is 2. The van der Waals surface area contributed by atoms with E-state index in [9.17, 15) is 9.59 Å². The SMILES string of the molecule is COc1cc(/C=C2\SC(=N)NC2=O)cc(Cl)c1OC(=O)c1ccccc1Cl. The van der Waals surface area contributed by atoms with E-state index in [0.717, 1.165) is 11.8 Å². The van der Waals surface area contributed by atoms with Gasteiger partial charge in [-0.1, -0.05) is 35.3 Å². The molecule has 1 amide bonds. The Balaban J connectivity index is 1.92. The number of thioether (sulfide) groups is 1. The largest absolute Gasteiger partial charge is 0.493 e. The zero-order chi connectivity index (χ0) is 19.6. The van der Waals surface area contributed by atoms with Crippen LogP contribution >= 0.6 is 35.0 Å². The molecule has 1 fully saturated rings. The maximum atomic E-state index is 12.4. The third-order valence-corrected chi connectivity index (χ3v) is 4.94. The van der Waals surface area contributed by atoms with Crippen molar-refractivity contribution in [1.29, 1.82) is 5.41 Å². The summed E-state index contributed by atoms with van der Waals surface area (Å²) in [5.41, 5.74) is 0.753. The second kappa shape index (κ2) is 8.04. The van der Waals surface area contributed by atoms with Crippen molar-refractivity contribution in [1.82, 2.24) is 5.32 Å². The van der Waals surface area contributed by atoms with Gasteiger partial charge in [-0.2, -0.15) is 0 Å². The van der Waals surface area contributed by atoms with E-state index in [1.807, 2.05) is 0 Å². The average molecular weight is 423 g/mol. The number of nitrogens with one attached hydrogen (secondary N) is 2. The zero-order valence-corrected chi connectivity index (χ0v) is 16.2. The molecule has 138 valence electrons. The molecule has 0 atom stereocenters. The Hall–Kier alpha value is -2.48. The van der Waals surface area contributed by atoms with E-state index in [1.165, 1.54) is 19.2 Å². The minimum atomic E-state index is -0.675. The number of rotatable bonds is 4. The van der Waals surface area contributed by atoms with Gasteiger partial charge in [0.2, 0.25) is 0 Å². The van der Waals surface area contributed by atoms with E-state index in [0.29, 0.717) is 10.5 Å². The van der Waals surface area contributed by atoms with Crippen LogP contribution in [0.3, 0.4) is 0 Å². The van der Waals surface area contributed by atoms with Crippen molar-refractivity contribution in [2.24, 2.45) is 0 Å². The molecule has 1 aliphatic heterocycles. The lowest BCUT2D eigenvalue weighted by Gasteiger charge is -2.12. The first kappa shape index (κ1) is 19.3. The number of ether oxygens (including phenoxy) is 2. The fourth-order valence-electron chi connectivity index (χ4n) is 2.29. The van der Waals surface area contributed by atoms with Crippen LogP contribution in [0.5, 0.6) is 11.5 Å². The second-order valence-electron chi connectivity index (χ2n) is 5.30. The van der Waals surface area contributed by atoms with Gasteiger partial charge in [-0.15, -0.1) is 0 Å². The molecule has 1 saturated heterocycles. The normalized spacial score (nSPS) is 15.0. The number of halogens is 2. The first-order chi connectivity index (χ1) is 12.9. The van der Waals surface area contributed by atoms with E-state index in [1.54, 1.807) is 30.3 Å². The van der Waals surface area contributed by atoms with Gasteiger partial charge in [0.05, 0.1) is 27.6 Å². The molecule has 1 aliphatic rings. The maximum Gasteiger partial charge on any atom is 0.345 e. The lowest BCUT2D eigenvalue weighted by molar-refractivity contribution is -0.115. The maximum absolute atomic E-state index is 12.4. The van der Waals surface area contributed by atoms with Crippen LogP contribution in [-0.2, 0) is 4.79 Å². The molecular formula is C18H12Cl2N2O4S. The van der Waals surface area contributed by atoms with Crippen molar-refractivity contribution in [3.8, 4) is 11.5 Å². The number of methoxy groups -OCH3 is 1. The minimum Gasteiger partial charge on any atom is -0.493 e. The molecule has 2 N–H and O–H groups in total. The number of carbonyl (C=O) groups is 2. The van der Waals surface area contributed by atoms with Gasteiger partial charge in [0.1, 0.15) is 0 Å². The van der Waals surface area contributed by atoms with Crippen molar-refractivity contribution in [2.45, 2.75) is 0 Å². The molecule has 2 aromatic rings. The summed E-state index contributed by atoms with van der Waals surface area (Å²) in [6.45, 7) is 0. The van der Waals surface area contributed by atoms with E-state index < -0.39 is 5.97 Å². The fourth-order valence-corrected chi connectivity index (χ4v) is 3.46. The standard InChI is InChI=1S/C18H12Cl2N2O4S/c1-25-13-7-9(8-14-16(23)22-18(21)27-14)6-12(20)15(13)26-17(24)10-4-2-3-5-11(10)19/h2-8H,1H3,(H2,21,22,23)/b14-8-. The van der Waals surface area contributed by atoms with Crippen molar-refractivity contribution < 1.29 is 19.1 Å². The Kier molecular flexibility index (Phi) is 5.74. The average Bonchev–Trinajstić information content (AvgIpc) is 2.94. The predicted molar refractivity (Wildman–Crippen MR) is 106 cm³/mol. The van der Waals surface area contributed by atoms with E-state index in [2.05, 4.69) is 5.32 Å². The highest BCUT2D eigenvalue weighted by Gasteiger charge is 2.23. The summed E-state index contributed by atoms with van der Waals surface area (Å²) in [5, 5.41) is 10.3. The molecule has 1 heterocycles. The Bertz CT molecular complexity index is 991. The van der Waals surface area contributed by atoms with Crippen LogP contribution in [0.25, 0.3) is 6.08 Å². The van der Waals surface area contributed by atoms with Crippen LogP contribution < -0.4 is 14.8 Å². The summed E-state index contributed by atoms with van der Waals surface area (Å²) in [6, 6.07) is 9.58. The smallest absolute Gasteiger partial charge is 0.345 e. The molecule has 0 saturated carbocycles. The van der Waals surface area contributed by atoms with E-state index >= 15 is 0 Å². The molecule has 0 spiro atoms. The van der Waals surface area contributed by atoms with Crippen LogP contribution in [0, 0.1) is 5.41 Å². The van der Waals surface area contributed by atoms with Crippen LogP contribution in [0.2, 0.25) is 10.0 Å². The van der Waals surface area contributed by atoms with Crippen molar-refractivity contribution >= 4 is 58.1 Å². The lowest BCUT2D eigenvalue weighted by Crippen LogP contribution is -2.18. The molecule has 6 nitrogen and oxygen atoms in total. The lowest BCUT2D eigenvalue weighted by atomic mass is 10.1. The van der Waals surface area contributed by atoms with Gasteiger partial charge in [0, 0.05) is 0 Å². The van der Waals surface area contributed by atoms with Gasteiger partial charge in [-0.05, 0) is 47.7 Å². The van der Waals surface area contributed by atoms with Gasteiger partial charge in [0.25, 0.3) is 5.91 Å². The topological polar surface area (TPSA) is 88.5 Å². The molecule has 0 unspecified atom stereocenters. The van der Waals surface area contributed by atoms with Crippen LogP contribution in [0.4, 0.5) is 0 Å². The van der Waals surface area contributed by atoms with E-state index in [-0.39, 0.29) is 38.2 Å². The predicted octanol–water partition coefficient (Wildman–Crippen LogP) is 4.36. The van der Waals surface area contributed by atoms with Gasteiger partial charge in [-0.25, -0.2) is 4.79 Å². The van der Waals surface area contributed by atoms with Gasteiger partial charge in [0.15, 0.2) is 16.7 Å². The number of amidine groups is 1. The third-order valence-electron chi connectivity index (χ3n) is 3.50. The van der Waals surface area contributed by atoms with Crippen LogP contribution in [0.15, 0.2) is 41.3 Å². The Labute approximate surface area is 168 Å². The Morgan fingerprint density at radius 1 is 1.22 bits per heavy atom. The highest BCUT2D eigenvalue weighted by molar-refractivity contribution is 8.18. The number of hydrogen-bond acceptors (Lipinski definition) is 6. The van der Waals surface area contributed by atoms with Crippen LogP contribution in [0.1, 0.15) is 15.9 Å². The van der Waals surface area contributed by atoms with Gasteiger partial charge in [-0.3, -0.25) is 10.2 Å². The summed E-state index contributed by atoms with van der Waals surface area (Å²) >= 11 is 13.3. The van der Waals surface area contributed by atoms with Crippen molar-refractivity contribution in [2.75, 3.05) is 7.11 Å². The first-order valence-electron chi connectivity index (χ1n) is 7.52. The Morgan fingerprint density at radius 2 is 1.96 bits per heavy atom. The Morgan fingerprint density at radius 3 is 2.59 bits per heavy atom. The molecule has 2 aromatic carbocycles. The fraction of sp³-hybridized carbons (Fsp3) is 0.0556. The van der Waals surface area contributed by atoms with Crippen molar-refractivity contribution in [3.63, 3.8) is 0 Å². The number of esters is 1. The van der Waals surface area contributed by atoms with E-state index in [4.69, 9.17) is 38.1 Å². The quantitative estimate of drug-likeness (QED) is 0.434. The number of benzene rings is 2. The summed E-state index contributed by atoms with van der Waals surface area (Å²) in [7, 11) is 1.40. The monoisotopic (exact) mass is 422 g/mol. The molecule has 27 heavy (non-hydrogen) atoms. The highest BCUT2D eigenvalue weighted by atomic mass is 35.5. The summed E-state index contributed by atoms with van der Waals surface area (Å²) in [6.07, 6.45) is 1.57. The molecule has 0 bridgehead atoms. The van der Waals surface area contributed by atoms with Gasteiger partial charge < -0.3 is 14.8 Å². The summed E-state index contributed by atoms with van der Waals surface area (Å²) in [4.78, 5) is 24.5. The van der Waals surface area contributed by atoms with Crippen LogP contribution in [-0.4, -0.2) is 24.2 Å². The minimum absolute atomic E-state index is 0.0440. The number of carbonyl (C=O) groups excluding carboxylic acids is 2. The second-order valence-corrected chi connectivity index (χ2v) is 7.16. The first-order valence-corrected chi connectivity index (χ1v) is 9.10. The molecular weight excluding hydrogens is 411 g/mol. The molecule has 0 aromatic heterocycles. The highest BCUT2D eigenvalue weighted by Crippen LogP contribution is 2.38. The summed E-state index contributed by atoms with van der Waals surface area (Å²) < 4.78 is 10.7.